The molecule has 1 amide bonds. The van der Waals surface area contributed by atoms with Crippen LogP contribution in [0.2, 0.25) is 0 Å². The zero-order chi connectivity index (χ0) is 15.3. The molecule has 0 saturated carbocycles. The SMILES string of the molecule is CC(=O)Nc1ccc(C)c(S(=O)(=O)NC(C)CCO)c1. The molecule has 0 aliphatic rings. The molecule has 1 atom stereocenters. The fourth-order valence-electron chi connectivity index (χ4n) is 1.75. The van der Waals surface area contributed by atoms with Gasteiger partial charge in [-0.05, 0) is 38.0 Å². The van der Waals surface area contributed by atoms with Crippen LogP contribution in [-0.2, 0) is 14.8 Å². The van der Waals surface area contributed by atoms with E-state index in [0.717, 1.165) is 0 Å². The minimum atomic E-state index is -3.68. The monoisotopic (exact) mass is 300 g/mol. The maximum absolute atomic E-state index is 12.3. The fourth-order valence-corrected chi connectivity index (χ4v) is 3.30. The molecule has 0 bridgehead atoms. The molecule has 0 heterocycles. The Bertz CT molecular complexity index is 584. The van der Waals surface area contributed by atoms with Gasteiger partial charge in [0.25, 0.3) is 0 Å². The number of amides is 1. The first-order valence-corrected chi connectivity index (χ1v) is 7.76. The van der Waals surface area contributed by atoms with Crippen LogP contribution < -0.4 is 10.0 Å². The van der Waals surface area contributed by atoms with Crippen LogP contribution in [0.1, 0.15) is 25.8 Å². The Labute approximate surface area is 119 Å². The number of benzene rings is 1. The Balaban J connectivity index is 3.07. The number of rotatable bonds is 6. The minimum absolute atomic E-state index is 0.0887. The molecule has 3 N–H and O–H groups in total. The first-order valence-electron chi connectivity index (χ1n) is 6.27. The molecule has 1 unspecified atom stereocenters. The second-order valence-corrected chi connectivity index (χ2v) is 6.38. The van der Waals surface area contributed by atoms with Crippen molar-refractivity contribution in [2.45, 2.75) is 38.1 Å². The van der Waals surface area contributed by atoms with Gasteiger partial charge >= 0.3 is 0 Å². The van der Waals surface area contributed by atoms with E-state index in [1.165, 1.54) is 13.0 Å². The van der Waals surface area contributed by atoms with Crippen molar-refractivity contribution >= 4 is 21.6 Å². The number of aliphatic hydroxyl groups is 1. The number of aliphatic hydroxyl groups excluding tert-OH is 1. The zero-order valence-corrected chi connectivity index (χ0v) is 12.6. The molecule has 0 spiro atoms. The van der Waals surface area contributed by atoms with E-state index in [1.54, 1.807) is 26.0 Å². The Morgan fingerprint density at radius 2 is 2.05 bits per heavy atom. The summed E-state index contributed by atoms with van der Waals surface area (Å²) >= 11 is 0. The molecule has 7 heteroatoms. The van der Waals surface area contributed by atoms with Crippen LogP contribution in [0.5, 0.6) is 0 Å². The van der Waals surface area contributed by atoms with Crippen LogP contribution in [0, 0.1) is 6.92 Å². The molecule has 0 radical (unpaired) electrons. The Hall–Kier alpha value is -1.44. The molecule has 1 aromatic rings. The molecular formula is C13H20N2O4S. The number of aryl methyl sites for hydroxylation is 1. The summed E-state index contributed by atoms with van der Waals surface area (Å²) in [4.78, 5) is 11.1. The molecule has 112 valence electrons. The maximum Gasteiger partial charge on any atom is 0.241 e. The van der Waals surface area contributed by atoms with Crippen molar-refractivity contribution in [3.8, 4) is 0 Å². The van der Waals surface area contributed by atoms with Crippen molar-refractivity contribution in [1.29, 1.82) is 0 Å². The lowest BCUT2D eigenvalue weighted by Gasteiger charge is -2.15. The van der Waals surface area contributed by atoms with Crippen molar-refractivity contribution in [3.63, 3.8) is 0 Å². The van der Waals surface area contributed by atoms with E-state index >= 15 is 0 Å². The van der Waals surface area contributed by atoms with Gasteiger partial charge in [0.1, 0.15) is 0 Å². The van der Waals surface area contributed by atoms with Crippen LogP contribution in [-0.4, -0.2) is 32.1 Å². The second-order valence-electron chi connectivity index (χ2n) is 4.70. The molecule has 20 heavy (non-hydrogen) atoms. The van der Waals surface area contributed by atoms with Gasteiger partial charge in [-0.3, -0.25) is 4.79 Å². The lowest BCUT2D eigenvalue weighted by molar-refractivity contribution is -0.114. The highest BCUT2D eigenvalue weighted by Crippen LogP contribution is 2.20. The molecule has 0 aliphatic carbocycles. The van der Waals surface area contributed by atoms with E-state index in [1.807, 2.05) is 0 Å². The average molecular weight is 300 g/mol. The van der Waals surface area contributed by atoms with Gasteiger partial charge in [-0.2, -0.15) is 0 Å². The number of nitrogens with one attached hydrogen (secondary N) is 2. The third kappa shape index (κ3) is 4.59. The second kappa shape index (κ2) is 6.83. The van der Waals surface area contributed by atoms with E-state index < -0.39 is 10.0 Å². The number of hydrogen-bond acceptors (Lipinski definition) is 4. The van der Waals surface area contributed by atoms with E-state index in [-0.39, 0.29) is 23.5 Å². The third-order valence-corrected chi connectivity index (χ3v) is 4.45. The van der Waals surface area contributed by atoms with Gasteiger partial charge in [0.15, 0.2) is 0 Å². The van der Waals surface area contributed by atoms with E-state index in [0.29, 0.717) is 17.7 Å². The smallest absolute Gasteiger partial charge is 0.241 e. The number of sulfonamides is 1. The zero-order valence-electron chi connectivity index (χ0n) is 11.8. The Morgan fingerprint density at radius 1 is 1.40 bits per heavy atom. The van der Waals surface area contributed by atoms with E-state index in [2.05, 4.69) is 10.0 Å². The predicted octanol–water partition coefficient (Wildman–Crippen LogP) is 1.00. The average Bonchev–Trinajstić information content (AvgIpc) is 2.30. The van der Waals surface area contributed by atoms with Crippen LogP contribution >= 0.6 is 0 Å². The summed E-state index contributed by atoms with van der Waals surface area (Å²) < 4.78 is 27.0. The standard InChI is InChI=1S/C13H20N2O4S/c1-9-4-5-12(14-11(3)17)8-13(9)20(18,19)15-10(2)6-7-16/h4-5,8,10,15-16H,6-7H2,1-3H3,(H,14,17). The molecule has 0 fully saturated rings. The van der Waals surface area contributed by atoms with Crippen LogP contribution in [0.4, 0.5) is 5.69 Å². The largest absolute Gasteiger partial charge is 0.396 e. The number of carbonyl (C=O) groups is 1. The quantitative estimate of drug-likeness (QED) is 0.730. The fraction of sp³-hybridized carbons (Fsp3) is 0.462. The van der Waals surface area contributed by atoms with Gasteiger partial charge in [0, 0.05) is 25.3 Å². The topological polar surface area (TPSA) is 95.5 Å². The maximum atomic E-state index is 12.3. The molecule has 1 aromatic carbocycles. The van der Waals surface area contributed by atoms with Gasteiger partial charge < -0.3 is 10.4 Å². The molecule has 6 nitrogen and oxygen atoms in total. The van der Waals surface area contributed by atoms with Crippen molar-refractivity contribution in [2.24, 2.45) is 0 Å². The number of carbonyl (C=O) groups excluding carboxylic acids is 1. The van der Waals surface area contributed by atoms with E-state index in [9.17, 15) is 13.2 Å². The van der Waals surface area contributed by atoms with Gasteiger partial charge in [0.05, 0.1) is 4.90 Å². The van der Waals surface area contributed by atoms with Crippen LogP contribution in [0.15, 0.2) is 23.1 Å². The normalized spacial score (nSPS) is 13.0. The lowest BCUT2D eigenvalue weighted by atomic mass is 10.2. The number of anilines is 1. The van der Waals surface area contributed by atoms with Gasteiger partial charge in [-0.15, -0.1) is 0 Å². The predicted molar refractivity (Wildman–Crippen MR) is 77.0 cm³/mol. The minimum Gasteiger partial charge on any atom is -0.396 e. The summed E-state index contributed by atoms with van der Waals surface area (Å²) in [6.07, 6.45) is 0.337. The highest BCUT2D eigenvalue weighted by molar-refractivity contribution is 7.89. The lowest BCUT2D eigenvalue weighted by Crippen LogP contribution is -2.33. The molecule has 0 aliphatic heterocycles. The van der Waals surface area contributed by atoms with Gasteiger partial charge in [-0.1, -0.05) is 6.07 Å². The molecule has 0 aromatic heterocycles. The number of hydrogen-bond donors (Lipinski definition) is 3. The first kappa shape index (κ1) is 16.6. The van der Waals surface area contributed by atoms with Crippen molar-refractivity contribution in [2.75, 3.05) is 11.9 Å². The van der Waals surface area contributed by atoms with Crippen LogP contribution in [0.25, 0.3) is 0 Å². The molecule has 0 saturated heterocycles. The summed E-state index contributed by atoms with van der Waals surface area (Å²) in [6, 6.07) is 4.34. The highest BCUT2D eigenvalue weighted by Gasteiger charge is 2.20. The van der Waals surface area contributed by atoms with Crippen molar-refractivity contribution in [3.05, 3.63) is 23.8 Å². The summed E-state index contributed by atoms with van der Waals surface area (Å²) in [5.41, 5.74) is 1.01. The van der Waals surface area contributed by atoms with Crippen molar-refractivity contribution < 1.29 is 18.3 Å². The summed E-state index contributed by atoms with van der Waals surface area (Å²) in [5.74, 6) is -0.265. The highest BCUT2D eigenvalue weighted by atomic mass is 32.2. The van der Waals surface area contributed by atoms with Crippen molar-refractivity contribution in [1.82, 2.24) is 4.72 Å². The third-order valence-electron chi connectivity index (χ3n) is 2.72. The van der Waals surface area contributed by atoms with E-state index in [4.69, 9.17) is 5.11 Å². The Morgan fingerprint density at radius 3 is 2.60 bits per heavy atom. The molecular weight excluding hydrogens is 280 g/mol. The Kier molecular flexibility index (Phi) is 5.67. The van der Waals surface area contributed by atoms with Crippen LogP contribution in [0.3, 0.4) is 0 Å². The summed E-state index contributed by atoms with van der Waals surface area (Å²) in [6.45, 7) is 4.63. The van der Waals surface area contributed by atoms with Gasteiger partial charge in [-0.25, -0.2) is 13.1 Å². The van der Waals surface area contributed by atoms with Gasteiger partial charge in [0.2, 0.25) is 15.9 Å². The molecule has 1 rings (SSSR count). The first-order chi connectivity index (χ1) is 9.26. The summed E-state index contributed by atoms with van der Waals surface area (Å²) in [5, 5.41) is 11.4. The summed E-state index contributed by atoms with van der Waals surface area (Å²) in [7, 11) is -3.68.